The molecule has 14 heavy (non-hydrogen) atoms. The van der Waals surface area contributed by atoms with Crippen molar-refractivity contribution >= 4 is 28.6 Å². The first-order chi connectivity index (χ1) is 6.43. The van der Waals surface area contributed by atoms with E-state index in [1.165, 1.54) is 22.6 Å². The third kappa shape index (κ3) is 2.08. The van der Waals surface area contributed by atoms with Crippen LogP contribution in [0.4, 0.5) is 8.78 Å². The van der Waals surface area contributed by atoms with Gasteiger partial charge in [-0.15, -0.1) is 0 Å². The van der Waals surface area contributed by atoms with E-state index in [9.17, 15) is 18.4 Å². The molecule has 0 saturated carbocycles. The predicted octanol–water partition coefficient (Wildman–Crippen LogP) is 1.62. The van der Waals surface area contributed by atoms with Crippen LogP contribution in [-0.4, -0.2) is 16.1 Å². The Kier molecular flexibility index (Phi) is 3.19. The lowest BCUT2D eigenvalue weighted by atomic mass is 10.2. The number of pyridine rings is 1. The Morgan fingerprint density at radius 2 is 2.14 bits per heavy atom. The summed E-state index contributed by atoms with van der Waals surface area (Å²) in [4.78, 5) is 23.7. The smallest absolute Gasteiger partial charge is 0.352 e. The number of carboxylic acid groups (broad SMARTS) is 1. The van der Waals surface area contributed by atoms with Gasteiger partial charge in [0.05, 0.1) is 9.26 Å². The topological polar surface area (TPSA) is 70.2 Å². The Bertz CT molecular complexity index is 429. The van der Waals surface area contributed by atoms with E-state index >= 15 is 0 Å². The summed E-state index contributed by atoms with van der Waals surface area (Å²) in [6, 6.07) is 0.645. The molecule has 0 unspecified atom stereocenters. The molecule has 0 bridgehead atoms. The van der Waals surface area contributed by atoms with Crippen LogP contribution in [-0.2, 0) is 0 Å². The standard InChI is InChI=1S/C7H4F2INO3/c8-5(9)4-3(12)1-2(7(13)14)11-6(4)10/h1,5H,(H,11,12)(H,13,14). The monoisotopic (exact) mass is 315 g/mol. The molecule has 0 aliphatic carbocycles. The number of aromatic amines is 1. The van der Waals surface area contributed by atoms with Gasteiger partial charge in [0.15, 0.2) is 5.43 Å². The molecular formula is C7H4F2INO3. The molecule has 1 heterocycles. The molecule has 0 aliphatic heterocycles. The van der Waals surface area contributed by atoms with Crippen molar-refractivity contribution in [1.82, 2.24) is 4.98 Å². The number of carbonyl (C=O) groups is 1. The van der Waals surface area contributed by atoms with E-state index in [0.717, 1.165) is 0 Å². The summed E-state index contributed by atoms with van der Waals surface area (Å²) in [5.74, 6) is -1.36. The number of carboxylic acids is 1. The number of rotatable bonds is 2. The minimum absolute atomic E-state index is 0.150. The molecule has 2 N–H and O–H groups in total. The minimum Gasteiger partial charge on any atom is -0.477 e. The summed E-state index contributed by atoms with van der Waals surface area (Å²) in [5, 5.41) is 8.50. The largest absolute Gasteiger partial charge is 0.477 e. The molecular weight excluding hydrogens is 311 g/mol. The molecule has 7 heteroatoms. The summed E-state index contributed by atoms with van der Waals surface area (Å²) >= 11 is 1.46. The minimum atomic E-state index is -2.91. The van der Waals surface area contributed by atoms with E-state index in [2.05, 4.69) is 4.98 Å². The summed E-state index contributed by atoms with van der Waals surface area (Å²) in [6.45, 7) is 0. The Morgan fingerprint density at radius 1 is 1.57 bits per heavy atom. The Morgan fingerprint density at radius 3 is 2.50 bits per heavy atom. The van der Waals surface area contributed by atoms with E-state index < -0.39 is 29.1 Å². The first-order valence-electron chi connectivity index (χ1n) is 3.37. The summed E-state index contributed by atoms with van der Waals surface area (Å²) < 4.78 is 24.3. The zero-order valence-corrected chi connectivity index (χ0v) is 8.71. The zero-order valence-electron chi connectivity index (χ0n) is 6.55. The van der Waals surface area contributed by atoms with Crippen molar-refractivity contribution < 1.29 is 18.7 Å². The third-order valence-corrected chi connectivity index (χ3v) is 2.32. The summed E-state index contributed by atoms with van der Waals surface area (Å²) in [5.41, 5.74) is -2.07. The number of halogens is 3. The van der Waals surface area contributed by atoms with Crippen LogP contribution in [0.5, 0.6) is 0 Å². The summed E-state index contributed by atoms with van der Waals surface area (Å²) in [7, 11) is 0. The van der Waals surface area contributed by atoms with E-state index in [1.54, 1.807) is 0 Å². The average molecular weight is 315 g/mol. The number of nitrogens with one attached hydrogen (secondary N) is 1. The van der Waals surface area contributed by atoms with Gasteiger partial charge in [-0.05, 0) is 22.6 Å². The molecule has 0 saturated heterocycles. The average Bonchev–Trinajstić information content (AvgIpc) is 2.01. The first kappa shape index (κ1) is 11.1. The predicted molar refractivity (Wildman–Crippen MR) is 51.7 cm³/mol. The first-order valence-corrected chi connectivity index (χ1v) is 4.45. The van der Waals surface area contributed by atoms with Gasteiger partial charge in [-0.3, -0.25) is 4.79 Å². The Balaban J connectivity index is 3.40. The van der Waals surface area contributed by atoms with Crippen molar-refractivity contribution in [2.45, 2.75) is 6.43 Å². The number of H-pyrrole nitrogens is 1. The molecule has 0 atom stereocenters. The van der Waals surface area contributed by atoms with Crippen LogP contribution in [0.3, 0.4) is 0 Å². The fourth-order valence-corrected chi connectivity index (χ4v) is 1.65. The van der Waals surface area contributed by atoms with Gasteiger partial charge >= 0.3 is 5.97 Å². The third-order valence-electron chi connectivity index (χ3n) is 1.47. The number of aromatic nitrogens is 1. The lowest BCUT2D eigenvalue weighted by Crippen LogP contribution is -2.16. The van der Waals surface area contributed by atoms with Crippen LogP contribution >= 0.6 is 22.6 Å². The Labute approximate surface area is 90.1 Å². The van der Waals surface area contributed by atoms with Crippen molar-refractivity contribution in [3.05, 3.63) is 31.2 Å². The maximum atomic E-state index is 12.2. The molecule has 0 amide bonds. The molecule has 0 fully saturated rings. The molecule has 0 radical (unpaired) electrons. The molecule has 1 aromatic rings. The van der Waals surface area contributed by atoms with E-state index in [0.29, 0.717) is 6.07 Å². The fourth-order valence-electron chi connectivity index (χ4n) is 0.857. The lowest BCUT2D eigenvalue weighted by Gasteiger charge is -2.03. The number of aromatic carboxylic acids is 1. The quantitative estimate of drug-likeness (QED) is 0.643. The molecule has 0 aromatic carbocycles. The zero-order chi connectivity index (χ0) is 10.9. The van der Waals surface area contributed by atoms with Gasteiger partial charge in [-0.2, -0.15) is 0 Å². The van der Waals surface area contributed by atoms with Gasteiger partial charge in [0.1, 0.15) is 5.69 Å². The highest BCUT2D eigenvalue weighted by Gasteiger charge is 2.18. The van der Waals surface area contributed by atoms with Crippen molar-refractivity contribution in [3.63, 3.8) is 0 Å². The number of alkyl halides is 2. The second kappa shape index (κ2) is 4.03. The normalized spacial score (nSPS) is 10.6. The van der Waals surface area contributed by atoms with Crippen LogP contribution in [0.25, 0.3) is 0 Å². The molecule has 0 aliphatic rings. The van der Waals surface area contributed by atoms with E-state index in [1.807, 2.05) is 0 Å². The van der Waals surface area contributed by atoms with Gasteiger partial charge in [0.2, 0.25) is 0 Å². The lowest BCUT2D eigenvalue weighted by molar-refractivity contribution is 0.0689. The molecule has 1 aromatic heterocycles. The van der Waals surface area contributed by atoms with Crippen LogP contribution in [0.15, 0.2) is 10.9 Å². The maximum absolute atomic E-state index is 12.2. The van der Waals surface area contributed by atoms with Crippen LogP contribution in [0.1, 0.15) is 22.5 Å². The molecule has 1 rings (SSSR count). The number of hydrogen-bond donors (Lipinski definition) is 2. The Hall–Kier alpha value is -0.990. The fraction of sp³-hybridized carbons (Fsp3) is 0.143. The van der Waals surface area contributed by atoms with Gasteiger partial charge in [0.25, 0.3) is 6.43 Å². The second-order valence-electron chi connectivity index (χ2n) is 2.38. The second-order valence-corrected chi connectivity index (χ2v) is 3.46. The highest BCUT2D eigenvalue weighted by Crippen LogP contribution is 2.19. The highest BCUT2D eigenvalue weighted by molar-refractivity contribution is 14.1. The number of hydrogen-bond acceptors (Lipinski definition) is 2. The maximum Gasteiger partial charge on any atom is 0.352 e. The van der Waals surface area contributed by atoms with Gasteiger partial charge < -0.3 is 10.1 Å². The van der Waals surface area contributed by atoms with E-state index in [4.69, 9.17) is 5.11 Å². The van der Waals surface area contributed by atoms with Gasteiger partial charge in [-0.25, -0.2) is 13.6 Å². The van der Waals surface area contributed by atoms with Crippen molar-refractivity contribution in [2.24, 2.45) is 0 Å². The SMILES string of the molecule is O=C(O)c1cc(=O)c(C(F)F)c(I)[nH]1. The van der Waals surface area contributed by atoms with Crippen molar-refractivity contribution in [3.8, 4) is 0 Å². The molecule has 76 valence electrons. The van der Waals surface area contributed by atoms with Gasteiger partial charge in [-0.1, -0.05) is 0 Å². The van der Waals surface area contributed by atoms with Crippen LogP contribution in [0, 0.1) is 3.70 Å². The van der Waals surface area contributed by atoms with Crippen molar-refractivity contribution in [1.29, 1.82) is 0 Å². The van der Waals surface area contributed by atoms with Crippen LogP contribution < -0.4 is 5.43 Å². The van der Waals surface area contributed by atoms with E-state index in [-0.39, 0.29) is 3.70 Å². The molecule has 0 spiro atoms. The highest BCUT2D eigenvalue weighted by atomic mass is 127. The van der Waals surface area contributed by atoms with Crippen molar-refractivity contribution in [2.75, 3.05) is 0 Å². The van der Waals surface area contributed by atoms with Gasteiger partial charge in [0, 0.05) is 6.07 Å². The molecule has 4 nitrogen and oxygen atoms in total. The summed E-state index contributed by atoms with van der Waals surface area (Å²) in [6.07, 6.45) is -2.91. The van der Waals surface area contributed by atoms with Crippen LogP contribution in [0.2, 0.25) is 0 Å².